The molecule has 0 bridgehead atoms. The standard InChI is InChI=1S/C11H18BN4O5P/c1-7-3-19-22(12,18)20-4-9(17)11(21-7)16-6-15-8-2-13-5-14-10(8)16/h2,5-7,9,11,17-18,22H,3-4,12H2,1H3/t7-,9-,11+/m0/s1. The van der Waals surface area contributed by atoms with Crippen LogP contribution in [0.2, 0.25) is 0 Å². The molecular weight excluding hydrogens is 310 g/mol. The second-order valence-electron chi connectivity index (χ2n) is 5.31. The molecule has 2 N–H and O–H groups in total. The van der Waals surface area contributed by atoms with Crippen molar-refractivity contribution in [3.8, 4) is 0 Å². The molecule has 2 aromatic heterocycles. The van der Waals surface area contributed by atoms with E-state index in [1.54, 1.807) is 17.7 Å². The second kappa shape index (κ2) is 6.15. The van der Waals surface area contributed by atoms with Gasteiger partial charge in [0.1, 0.15) is 0 Å². The Morgan fingerprint density at radius 2 is 2.14 bits per heavy atom. The van der Waals surface area contributed by atoms with Gasteiger partial charge in [0, 0.05) is 0 Å². The van der Waals surface area contributed by atoms with Gasteiger partial charge in [0.05, 0.1) is 0 Å². The van der Waals surface area contributed by atoms with E-state index in [9.17, 15) is 10.00 Å². The van der Waals surface area contributed by atoms with Gasteiger partial charge in [-0.2, -0.15) is 0 Å². The van der Waals surface area contributed by atoms with E-state index in [2.05, 4.69) is 15.0 Å². The number of fused-ring (bicyclic) bond motifs is 1. The van der Waals surface area contributed by atoms with Crippen molar-refractivity contribution in [2.75, 3.05) is 13.2 Å². The summed E-state index contributed by atoms with van der Waals surface area (Å²) in [6.07, 6.45) is 2.43. The topological polar surface area (TPSA) is 112 Å². The molecule has 3 rings (SSSR count). The maximum absolute atomic E-state index is 10.4. The van der Waals surface area contributed by atoms with Gasteiger partial charge in [-0.25, -0.2) is 0 Å². The van der Waals surface area contributed by atoms with Crippen molar-refractivity contribution in [1.29, 1.82) is 0 Å². The van der Waals surface area contributed by atoms with E-state index in [1.165, 1.54) is 20.2 Å². The van der Waals surface area contributed by atoms with Crippen molar-refractivity contribution < 1.29 is 23.8 Å². The third kappa shape index (κ3) is 3.27. The molecule has 1 aliphatic heterocycles. The molecule has 0 aromatic carbocycles. The van der Waals surface area contributed by atoms with E-state index in [4.69, 9.17) is 13.8 Å². The zero-order valence-electron chi connectivity index (χ0n) is 12.3. The van der Waals surface area contributed by atoms with E-state index in [0.29, 0.717) is 11.2 Å². The summed E-state index contributed by atoms with van der Waals surface area (Å²) in [4.78, 5) is 22.3. The van der Waals surface area contributed by atoms with E-state index < -0.39 is 20.2 Å². The number of nitrogens with zero attached hydrogens (tertiary/aromatic N) is 4. The van der Waals surface area contributed by atoms with Crippen LogP contribution < -0.4 is 0 Å². The van der Waals surface area contributed by atoms with E-state index in [1.807, 2.05) is 0 Å². The zero-order chi connectivity index (χ0) is 15.7. The third-order valence-electron chi connectivity index (χ3n) is 3.32. The number of aliphatic hydroxyl groups excluding tert-OH is 1. The van der Waals surface area contributed by atoms with Gasteiger partial charge in [0.25, 0.3) is 0 Å². The summed E-state index contributed by atoms with van der Waals surface area (Å²) >= 11 is 0. The summed E-state index contributed by atoms with van der Waals surface area (Å²) in [5, 5.41) is 10.4. The Labute approximate surface area is 128 Å². The van der Waals surface area contributed by atoms with E-state index >= 15 is 0 Å². The Hall–Kier alpha value is -1.16. The van der Waals surface area contributed by atoms with Crippen LogP contribution >= 0.6 is 7.82 Å². The Kier molecular flexibility index (Phi) is 4.40. The number of imidazole rings is 1. The minimum absolute atomic E-state index is 0.110. The normalized spacial score (nSPS) is 31.1. The van der Waals surface area contributed by atoms with Crippen LogP contribution in [0.15, 0.2) is 18.9 Å². The van der Waals surface area contributed by atoms with Crippen LogP contribution in [0, 0.1) is 0 Å². The Morgan fingerprint density at radius 3 is 2.95 bits per heavy atom. The SMILES string of the molecule is B[PH]1(O)OC[C@H](C)O[C@@H](n2cnc3cncnc32)[C@@H](O)CO1. The van der Waals surface area contributed by atoms with Crippen molar-refractivity contribution in [3.63, 3.8) is 0 Å². The summed E-state index contributed by atoms with van der Waals surface area (Å²) in [7, 11) is -1.74. The summed E-state index contributed by atoms with van der Waals surface area (Å²) in [6.45, 7) is 1.86. The molecule has 9 nitrogen and oxygen atoms in total. The van der Waals surface area contributed by atoms with Crippen LogP contribution in [-0.2, 0) is 13.8 Å². The molecule has 0 aliphatic carbocycles. The molecule has 0 radical (unpaired) electrons. The van der Waals surface area contributed by atoms with Gasteiger partial charge in [-0.1, -0.05) is 0 Å². The first-order valence-electron chi connectivity index (χ1n) is 6.92. The first kappa shape index (κ1) is 15.7. The van der Waals surface area contributed by atoms with Gasteiger partial charge in [0.15, 0.2) is 0 Å². The molecule has 22 heavy (non-hydrogen) atoms. The molecule has 3 heterocycles. The van der Waals surface area contributed by atoms with E-state index in [0.717, 1.165) is 0 Å². The number of hydrogen-bond acceptors (Lipinski definition) is 8. The molecular formula is C11H18BN4O5P. The minimum atomic E-state index is -3.25. The zero-order valence-corrected chi connectivity index (χ0v) is 13.3. The molecule has 3 atom stereocenters. The average Bonchev–Trinajstić information content (AvgIpc) is 2.93. The van der Waals surface area contributed by atoms with Gasteiger partial charge in [-0.3, -0.25) is 0 Å². The van der Waals surface area contributed by atoms with Gasteiger partial charge < -0.3 is 0 Å². The molecule has 0 amide bonds. The second-order valence-corrected chi connectivity index (χ2v) is 7.68. The Bertz CT molecular complexity index is 656. The van der Waals surface area contributed by atoms with E-state index in [-0.39, 0.29) is 19.3 Å². The Balaban J connectivity index is 1.93. The van der Waals surface area contributed by atoms with Crippen molar-refractivity contribution in [2.24, 2.45) is 0 Å². The fraction of sp³-hybridized carbons (Fsp3) is 0.545. The van der Waals surface area contributed by atoms with Gasteiger partial charge in [0.2, 0.25) is 0 Å². The van der Waals surface area contributed by atoms with Gasteiger partial charge >= 0.3 is 127 Å². The molecule has 2 aromatic rings. The number of rotatable bonds is 1. The predicted octanol–water partition coefficient (Wildman–Crippen LogP) is -0.827. The first-order valence-corrected chi connectivity index (χ1v) is 9.19. The monoisotopic (exact) mass is 328 g/mol. The van der Waals surface area contributed by atoms with Crippen molar-refractivity contribution in [2.45, 2.75) is 25.4 Å². The molecule has 120 valence electrons. The number of hydrogen-bond donors (Lipinski definition) is 2. The molecule has 0 spiro atoms. The summed E-state index contributed by atoms with van der Waals surface area (Å²) in [5.41, 5.74) is 1.15. The van der Waals surface area contributed by atoms with Crippen LogP contribution in [0.5, 0.6) is 0 Å². The molecule has 1 saturated heterocycles. The van der Waals surface area contributed by atoms with Crippen LogP contribution in [0.4, 0.5) is 0 Å². The van der Waals surface area contributed by atoms with Crippen molar-refractivity contribution in [3.05, 3.63) is 18.9 Å². The van der Waals surface area contributed by atoms with Gasteiger partial charge in [-0.15, -0.1) is 0 Å². The number of aliphatic hydroxyl groups is 1. The summed E-state index contributed by atoms with van der Waals surface area (Å²) in [6, 6.07) is 0. The predicted molar refractivity (Wildman–Crippen MR) is 81.9 cm³/mol. The third-order valence-corrected chi connectivity index (χ3v) is 4.73. The molecule has 0 unspecified atom stereocenters. The number of aromatic nitrogens is 4. The van der Waals surface area contributed by atoms with Crippen LogP contribution in [-0.4, -0.2) is 62.5 Å². The maximum atomic E-state index is 10.4. The van der Waals surface area contributed by atoms with Crippen molar-refractivity contribution >= 4 is 26.6 Å². The molecule has 0 saturated carbocycles. The Morgan fingerprint density at radius 1 is 1.36 bits per heavy atom. The molecule has 1 aliphatic rings. The average molecular weight is 328 g/mol. The fourth-order valence-electron chi connectivity index (χ4n) is 2.23. The molecule has 1 fully saturated rings. The summed E-state index contributed by atoms with van der Waals surface area (Å²) in [5.74, 6) is 0. The first-order chi connectivity index (χ1) is 10.5. The van der Waals surface area contributed by atoms with Crippen LogP contribution in [0.25, 0.3) is 11.2 Å². The van der Waals surface area contributed by atoms with Crippen molar-refractivity contribution in [1.82, 2.24) is 19.5 Å². The number of ether oxygens (including phenoxy) is 1. The molecule has 11 heteroatoms. The van der Waals surface area contributed by atoms with Crippen LogP contribution in [0.1, 0.15) is 13.2 Å². The van der Waals surface area contributed by atoms with Gasteiger partial charge in [-0.05, 0) is 0 Å². The quantitative estimate of drug-likeness (QED) is 0.516. The van der Waals surface area contributed by atoms with Crippen LogP contribution in [0.3, 0.4) is 0 Å². The fourth-order valence-corrected chi connectivity index (χ4v) is 3.33. The summed E-state index contributed by atoms with van der Waals surface area (Å²) < 4.78 is 18.2.